The lowest BCUT2D eigenvalue weighted by Gasteiger charge is -2.22. The molecule has 0 radical (unpaired) electrons. The third-order valence-corrected chi connectivity index (χ3v) is 4.13. The van der Waals surface area contributed by atoms with Crippen LogP contribution in [0.1, 0.15) is 18.9 Å². The number of rotatable bonds is 3. The van der Waals surface area contributed by atoms with Crippen molar-refractivity contribution in [2.24, 2.45) is 11.1 Å². The van der Waals surface area contributed by atoms with E-state index in [9.17, 15) is 0 Å². The van der Waals surface area contributed by atoms with E-state index in [4.69, 9.17) is 28.9 Å². The third kappa shape index (κ3) is 3.75. The van der Waals surface area contributed by atoms with Crippen LogP contribution in [0.15, 0.2) is 18.2 Å². The van der Waals surface area contributed by atoms with Gasteiger partial charge in [-0.3, -0.25) is 4.90 Å². The molecule has 0 saturated carbocycles. The Morgan fingerprint density at radius 2 is 2.11 bits per heavy atom. The SMILES string of the molecule is CC1(CN)CCN(Cc2ccc(Cl)cc2Cl)C1.Cl. The molecule has 2 N–H and O–H groups in total. The van der Waals surface area contributed by atoms with Crippen LogP contribution < -0.4 is 5.73 Å². The zero-order valence-corrected chi connectivity index (χ0v) is 12.8. The Kier molecular flexibility index (Phi) is 5.75. The van der Waals surface area contributed by atoms with E-state index in [1.54, 1.807) is 6.07 Å². The first kappa shape index (κ1) is 16.1. The molecule has 1 aromatic carbocycles. The molecule has 2 rings (SSSR count). The highest BCUT2D eigenvalue weighted by Gasteiger charge is 2.32. The van der Waals surface area contributed by atoms with Gasteiger partial charge in [0.25, 0.3) is 0 Å². The van der Waals surface area contributed by atoms with Crippen molar-refractivity contribution in [1.29, 1.82) is 0 Å². The number of hydrogen-bond donors (Lipinski definition) is 1. The highest BCUT2D eigenvalue weighted by molar-refractivity contribution is 6.35. The summed E-state index contributed by atoms with van der Waals surface area (Å²) in [7, 11) is 0. The fourth-order valence-corrected chi connectivity index (χ4v) is 2.79. The fraction of sp³-hybridized carbons (Fsp3) is 0.538. The molecular weight excluding hydrogens is 291 g/mol. The van der Waals surface area contributed by atoms with Gasteiger partial charge in [0.2, 0.25) is 0 Å². The number of halogens is 3. The summed E-state index contributed by atoms with van der Waals surface area (Å²) in [4.78, 5) is 2.40. The van der Waals surface area contributed by atoms with Crippen LogP contribution in [0, 0.1) is 5.41 Å². The summed E-state index contributed by atoms with van der Waals surface area (Å²) >= 11 is 12.1. The van der Waals surface area contributed by atoms with Crippen molar-refractivity contribution in [1.82, 2.24) is 4.90 Å². The van der Waals surface area contributed by atoms with Crippen molar-refractivity contribution in [2.75, 3.05) is 19.6 Å². The summed E-state index contributed by atoms with van der Waals surface area (Å²) in [6.45, 7) is 6.01. The predicted molar refractivity (Wildman–Crippen MR) is 80.8 cm³/mol. The predicted octanol–water partition coefficient (Wildman–Crippen LogP) is 3.59. The molecular formula is C13H19Cl3N2. The topological polar surface area (TPSA) is 29.3 Å². The largest absolute Gasteiger partial charge is 0.330 e. The first-order chi connectivity index (χ1) is 8.02. The van der Waals surface area contributed by atoms with Gasteiger partial charge in [-0.2, -0.15) is 0 Å². The fourth-order valence-electron chi connectivity index (χ4n) is 2.32. The van der Waals surface area contributed by atoms with Gasteiger partial charge in [0.15, 0.2) is 0 Å². The molecule has 5 heteroatoms. The molecule has 18 heavy (non-hydrogen) atoms. The normalized spacial score (nSPS) is 24.0. The van der Waals surface area contributed by atoms with E-state index in [0.717, 1.165) is 43.2 Å². The molecule has 1 saturated heterocycles. The Morgan fingerprint density at radius 3 is 2.67 bits per heavy atom. The van der Waals surface area contributed by atoms with Gasteiger partial charge in [0, 0.05) is 23.1 Å². The van der Waals surface area contributed by atoms with Gasteiger partial charge < -0.3 is 5.73 Å². The Hall–Kier alpha value is 0.01000. The van der Waals surface area contributed by atoms with Crippen molar-refractivity contribution >= 4 is 35.6 Å². The summed E-state index contributed by atoms with van der Waals surface area (Å²) in [5.74, 6) is 0. The molecule has 1 aliphatic rings. The first-order valence-corrected chi connectivity index (χ1v) is 6.64. The van der Waals surface area contributed by atoms with Crippen molar-refractivity contribution in [2.45, 2.75) is 19.9 Å². The minimum Gasteiger partial charge on any atom is -0.330 e. The lowest BCUT2D eigenvalue weighted by Crippen LogP contribution is -2.31. The van der Waals surface area contributed by atoms with Gasteiger partial charge in [0.05, 0.1) is 0 Å². The van der Waals surface area contributed by atoms with Crippen LogP contribution >= 0.6 is 35.6 Å². The second-order valence-electron chi connectivity index (χ2n) is 5.21. The number of hydrogen-bond acceptors (Lipinski definition) is 2. The number of nitrogens with two attached hydrogens (primary N) is 1. The molecule has 0 aromatic heterocycles. The smallest absolute Gasteiger partial charge is 0.0465 e. The second kappa shape index (κ2) is 6.44. The average Bonchev–Trinajstić information content (AvgIpc) is 2.66. The van der Waals surface area contributed by atoms with Crippen molar-refractivity contribution in [3.8, 4) is 0 Å². The first-order valence-electron chi connectivity index (χ1n) is 5.89. The Labute approximate surface area is 125 Å². The van der Waals surface area contributed by atoms with E-state index in [-0.39, 0.29) is 17.8 Å². The van der Waals surface area contributed by atoms with Gasteiger partial charge >= 0.3 is 0 Å². The van der Waals surface area contributed by atoms with Crippen LogP contribution in [0.25, 0.3) is 0 Å². The molecule has 1 atom stereocenters. The zero-order valence-electron chi connectivity index (χ0n) is 10.5. The highest BCUT2D eigenvalue weighted by Crippen LogP contribution is 2.31. The number of benzene rings is 1. The van der Waals surface area contributed by atoms with Crippen molar-refractivity contribution in [3.63, 3.8) is 0 Å². The van der Waals surface area contributed by atoms with Crippen LogP contribution in [0.3, 0.4) is 0 Å². The molecule has 2 nitrogen and oxygen atoms in total. The summed E-state index contributed by atoms with van der Waals surface area (Å²) in [6.07, 6.45) is 1.16. The molecule has 1 unspecified atom stereocenters. The standard InChI is InChI=1S/C13H18Cl2N2.ClH/c1-13(8-16)4-5-17(9-13)7-10-2-3-11(14)6-12(10)15;/h2-3,6H,4-5,7-9,16H2,1H3;1H. The maximum atomic E-state index is 6.18. The average molecular weight is 310 g/mol. The van der Waals surface area contributed by atoms with Crippen LogP contribution in [-0.4, -0.2) is 24.5 Å². The van der Waals surface area contributed by atoms with Crippen LogP contribution in [-0.2, 0) is 6.54 Å². The van der Waals surface area contributed by atoms with Gasteiger partial charge in [-0.1, -0.05) is 36.2 Å². The molecule has 1 fully saturated rings. The second-order valence-corrected chi connectivity index (χ2v) is 6.05. The Balaban J connectivity index is 0.00000162. The minimum atomic E-state index is 0. The molecule has 0 bridgehead atoms. The molecule has 0 amide bonds. The third-order valence-electron chi connectivity index (χ3n) is 3.54. The summed E-state index contributed by atoms with van der Waals surface area (Å²) in [5, 5.41) is 1.44. The lowest BCUT2D eigenvalue weighted by atomic mass is 9.90. The Bertz CT molecular complexity index is 411. The molecule has 0 spiro atoms. The molecule has 102 valence electrons. The lowest BCUT2D eigenvalue weighted by molar-refractivity contribution is 0.274. The number of nitrogens with zero attached hydrogens (tertiary/aromatic N) is 1. The molecule has 0 aliphatic carbocycles. The quantitative estimate of drug-likeness (QED) is 0.924. The highest BCUT2D eigenvalue weighted by atomic mass is 35.5. The maximum Gasteiger partial charge on any atom is 0.0465 e. The summed E-state index contributed by atoms with van der Waals surface area (Å²) in [6, 6.07) is 5.69. The van der Waals surface area contributed by atoms with Gasteiger partial charge in [-0.05, 0) is 42.6 Å². The zero-order chi connectivity index (χ0) is 12.5. The number of likely N-dealkylation sites (tertiary alicyclic amines) is 1. The summed E-state index contributed by atoms with van der Waals surface area (Å²) < 4.78 is 0. The monoisotopic (exact) mass is 308 g/mol. The Morgan fingerprint density at radius 1 is 1.39 bits per heavy atom. The minimum absolute atomic E-state index is 0. The van der Waals surface area contributed by atoms with Gasteiger partial charge in [0.1, 0.15) is 0 Å². The van der Waals surface area contributed by atoms with E-state index < -0.39 is 0 Å². The van der Waals surface area contributed by atoms with Gasteiger partial charge in [-0.25, -0.2) is 0 Å². The van der Waals surface area contributed by atoms with Crippen LogP contribution in [0.5, 0.6) is 0 Å². The van der Waals surface area contributed by atoms with E-state index in [0.29, 0.717) is 5.02 Å². The van der Waals surface area contributed by atoms with E-state index >= 15 is 0 Å². The van der Waals surface area contributed by atoms with Crippen LogP contribution in [0.2, 0.25) is 10.0 Å². The molecule has 1 aliphatic heterocycles. The molecule has 1 heterocycles. The maximum absolute atomic E-state index is 6.18. The summed E-state index contributed by atoms with van der Waals surface area (Å²) in [5.41, 5.74) is 7.20. The van der Waals surface area contributed by atoms with Gasteiger partial charge in [-0.15, -0.1) is 12.4 Å². The van der Waals surface area contributed by atoms with E-state index in [1.165, 1.54) is 0 Å². The molecule has 1 aromatic rings. The van der Waals surface area contributed by atoms with Crippen molar-refractivity contribution < 1.29 is 0 Å². The van der Waals surface area contributed by atoms with Crippen LogP contribution in [0.4, 0.5) is 0 Å². The van der Waals surface area contributed by atoms with Crippen molar-refractivity contribution in [3.05, 3.63) is 33.8 Å². The van der Waals surface area contributed by atoms with E-state index in [2.05, 4.69) is 11.8 Å². The van der Waals surface area contributed by atoms with E-state index in [1.807, 2.05) is 12.1 Å².